The molecule has 5 nitrogen and oxygen atoms in total. The maximum absolute atomic E-state index is 12.0. The van der Waals surface area contributed by atoms with Crippen LogP contribution < -0.4 is 0 Å². The van der Waals surface area contributed by atoms with Crippen LogP contribution in [0.1, 0.15) is 84.0 Å². The quantitative estimate of drug-likeness (QED) is 0.284. The van der Waals surface area contributed by atoms with Crippen molar-refractivity contribution in [1.29, 1.82) is 0 Å². The third-order valence-corrected chi connectivity index (χ3v) is 4.47. The lowest BCUT2D eigenvalue weighted by Gasteiger charge is -2.03. The molecule has 1 heterocycles. The van der Waals surface area contributed by atoms with Crippen molar-refractivity contribution in [3.05, 3.63) is 11.3 Å². The number of unbranched alkanes of at least 4 members (excludes halogenated alkanes) is 10. The standard InChI is InChI=1S/C19H32O5/c1-2-3-4-5-6-7-8-9-10-11-12-13-15(21)17-18(22)16(14-20)24-19(17)23/h16,20,22H,2-14H2,1H3/t16-/m0/s1. The van der Waals surface area contributed by atoms with Crippen molar-refractivity contribution in [1.82, 2.24) is 0 Å². The number of hydrogen-bond donors (Lipinski definition) is 2. The molecule has 1 atom stereocenters. The van der Waals surface area contributed by atoms with Crippen molar-refractivity contribution in [2.75, 3.05) is 6.61 Å². The average molecular weight is 340 g/mol. The lowest BCUT2D eigenvalue weighted by atomic mass is 10.0. The van der Waals surface area contributed by atoms with Crippen molar-refractivity contribution >= 4 is 11.8 Å². The average Bonchev–Trinajstić information content (AvgIpc) is 2.86. The predicted octanol–water partition coefficient (Wildman–Crippen LogP) is 3.99. The first-order valence-corrected chi connectivity index (χ1v) is 9.40. The van der Waals surface area contributed by atoms with E-state index in [1.807, 2.05) is 0 Å². The first-order chi connectivity index (χ1) is 11.6. The highest BCUT2D eigenvalue weighted by atomic mass is 16.6. The molecular formula is C19H32O5. The van der Waals surface area contributed by atoms with E-state index in [-0.39, 0.29) is 17.8 Å². The zero-order valence-corrected chi connectivity index (χ0v) is 14.9. The van der Waals surface area contributed by atoms with Crippen LogP contribution in [0.25, 0.3) is 0 Å². The van der Waals surface area contributed by atoms with Gasteiger partial charge in [-0.25, -0.2) is 4.79 Å². The van der Waals surface area contributed by atoms with Crippen LogP contribution in [0.4, 0.5) is 0 Å². The normalized spacial score (nSPS) is 17.4. The molecule has 138 valence electrons. The second-order valence-electron chi connectivity index (χ2n) is 6.55. The van der Waals surface area contributed by atoms with Gasteiger partial charge in [-0.3, -0.25) is 4.79 Å². The SMILES string of the molecule is CCCCCCCCCCCCCC(=O)C1=C(O)[C@H](CO)OC1=O. The van der Waals surface area contributed by atoms with E-state index >= 15 is 0 Å². The number of carbonyl (C=O) groups excluding carboxylic acids is 2. The predicted molar refractivity (Wildman–Crippen MR) is 92.7 cm³/mol. The van der Waals surface area contributed by atoms with Crippen LogP contribution in [-0.2, 0) is 14.3 Å². The van der Waals surface area contributed by atoms with Gasteiger partial charge in [-0.05, 0) is 6.42 Å². The van der Waals surface area contributed by atoms with E-state index in [2.05, 4.69) is 6.92 Å². The molecule has 2 N–H and O–H groups in total. The number of aliphatic hydroxyl groups is 2. The Balaban J connectivity index is 2.06. The number of hydrogen-bond acceptors (Lipinski definition) is 5. The van der Waals surface area contributed by atoms with Crippen LogP contribution in [0.15, 0.2) is 11.3 Å². The van der Waals surface area contributed by atoms with Gasteiger partial charge in [-0.15, -0.1) is 0 Å². The van der Waals surface area contributed by atoms with Gasteiger partial charge in [-0.2, -0.15) is 0 Å². The molecule has 24 heavy (non-hydrogen) atoms. The maximum atomic E-state index is 12.0. The Morgan fingerprint density at radius 1 is 0.958 bits per heavy atom. The highest BCUT2D eigenvalue weighted by molar-refractivity contribution is 6.19. The van der Waals surface area contributed by atoms with Crippen LogP contribution in [0.5, 0.6) is 0 Å². The molecule has 0 fully saturated rings. The third-order valence-electron chi connectivity index (χ3n) is 4.47. The Morgan fingerprint density at radius 3 is 1.92 bits per heavy atom. The molecule has 0 spiro atoms. The first kappa shape index (κ1) is 20.7. The van der Waals surface area contributed by atoms with E-state index in [1.54, 1.807) is 0 Å². The fourth-order valence-corrected chi connectivity index (χ4v) is 2.96. The molecule has 1 aliphatic rings. The van der Waals surface area contributed by atoms with E-state index < -0.39 is 24.4 Å². The number of ketones is 1. The Hall–Kier alpha value is -1.36. The molecule has 0 unspecified atom stereocenters. The Kier molecular flexibility index (Phi) is 10.4. The summed E-state index contributed by atoms with van der Waals surface area (Å²) in [5.74, 6) is -1.63. The van der Waals surface area contributed by atoms with Crippen LogP contribution in [0, 0.1) is 0 Å². The molecule has 1 rings (SSSR count). The Labute approximate surface area is 145 Å². The molecule has 0 aromatic rings. The summed E-state index contributed by atoms with van der Waals surface area (Å²) < 4.78 is 4.73. The van der Waals surface area contributed by atoms with Gasteiger partial charge in [0.2, 0.25) is 0 Å². The number of rotatable bonds is 14. The molecule has 0 saturated heterocycles. The molecule has 1 aliphatic heterocycles. The van der Waals surface area contributed by atoms with Crippen molar-refractivity contribution in [2.45, 2.75) is 90.1 Å². The van der Waals surface area contributed by atoms with Crippen molar-refractivity contribution in [3.63, 3.8) is 0 Å². The van der Waals surface area contributed by atoms with Crippen molar-refractivity contribution < 1.29 is 24.5 Å². The molecule has 0 aliphatic carbocycles. The zero-order chi connectivity index (χ0) is 17.8. The number of ether oxygens (including phenoxy) is 1. The molecule has 0 radical (unpaired) electrons. The van der Waals surface area contributed by atoms with E-state index in [1.165, 1.54) is 51.4 Å². The summed E-state index contributed by atoms with van der Waals surface area (Å²) in [6.45, 7) is 1.72. The van der Waals surface area contributed by atoms with Gasteiger partial charge < -0.3 is 14.9 Å². The first-order valence-electron chi connectivity index (χ1n) is 9.40. The summed E-state index contributed by atoms with van der Waals surface area (Å²) in [4.78, 5) is 23.5. The van der Waals surface area contributed by atoms with E-state index in [4.69, 9.17) is 9.84 Å². The second kappa shape index (κ2) is 12.1. The fourth-order valence-electron chi connectivity index (χ4n) is 2.96. The monoisotopic (exact) mass is 340 g/mol. The summed E-state index contributed by atoms with van der Waals surface area (Å²) in [5, 5.41) is 18.7. The summed E-state index contributed by atoms with van der Waals surface area (Å²) in [6.07, 6.45) is 12.3. The van der Waals surface area contributed by atoms with Crippen LogP contribution in [0.3, 0.4) is 0 Å². The minimum atomic E-state index is -1.08. The molecular weight excluding hydrogens is 308 g/mol. The zero-order valence-electron chi connectivity index (χ0n) is 14.9. The summed E-state index contributed by atoms with van der Waals surface area (Å²) in [5.41, 5.74) is -0.277. The number of esters is 1. The number of carbonyl (C=O) groups is 2. The van der Waals surface area contributed by atoms with Crippen LogP contribution >= 0.6 is 0 Å². The van der Waals surface area contributed by atoms with Gasteiger partial charge in [0.05, 0.1) is 6.61 Å². The summed E-state index contributed by atoms with van der Waals surface area (Å²) in [6, 6.07) is 0. The highest BCUT2D eigenvalue weighted by Gasteiger charge is 2.37. The van der Waals surface area contributed by atoms with Gasteiger partial charge in [0.1, 0.15) is 5.57 Å². The van der Waals surface area contributed by atoms with Gasteiger partial charge in [0.25, 0.3) is 0 Å². The van der Waals surface area contributed by atoms with Gasteiger partial charge in [0.15, 0.2) is 17.6 Å². The van der Waals surface area contributed by atoms with Gasteiger partial charge in [-0.1, -0.05) is 71.1 Å². The molecule has 0 aromatic carbocycles. The topological polar surface area (TPSA) is 83.8 Å². The minimum Gasteiger partial charge on any atom is -0.507 e. The van der Waals surface area contributed by atoms with Crippen molar-refractivity contribution in [2.24, 2.45) is 0 Å². The second-order valence-corrected chi connectivity index (χ2v) is 6.55. The lowest BCUT2D eigenvalue weighted by molar-refractivity contribution is -0.142. The highest BCUT2D eigenvalue weighted by Crippen LogP contribution is 2.23. The Bertz CT molecular complexity index is 427. The van der Waals surface area contributed by atoms with E-state index in [0.717, 1.165) is 12.8 Å². The van der Waals surface area contributed by atoms with Crippen LogP contribution in [-0.4, -0.2) is 34.7 Å². The van der Waals surface area contributed by atoms with E-state index in [0.29, 0.717) is 6.42 Å². The molecule has 0 bridgehead atoms. The number of aliphatic hydroxyl groups excluding tert-OH is 2. The van der Waals surface area contributed by atoms with Gasteiger partial charge >= 0.3 is 5.97 Å². The largest absolute Gasteiger partial charge is 0.507 e. The lowest BCUT2D eigenvalue weighted by Crippen LogP contribution is -2.15. The summed E-state index contributed by atoms with van der Waals surface area (Å²) >= 11 is 0. The molecule has 0 saturated carbocycles. The number of Topliss-reactive ketones (excluding diaryl/α,β-unsaturated/α-hetero) is 1. The minimum absolute atomic E-state index is 0.240. The Morgan fingerprint density at radius 2 is 1.46 bits per heavy atom. The summed E-state index contributed by atoms with van der Waals surface area (Å²) in [7, 11) is 0. The fraction of sp³-hybridized carbons (Fsp3) is 0.789. The van der Waals surface area contributed by atoms with Crippen molar-refractivity contribution in [3.8, 4) is 0 Å². The molecule has 5 heteroatoms. The smallest absolute Gasteiger partial charge is 0.346 e. The van der Waals surface area contributed by atoms with E-state index in [9.17, 15) is 14.7 Å². The van der Waals surface area contributed by atoms with Crippen LogP contribution in [0.2, 0.25) is 0 Å². The number of cyclic esters (lactones) is 1. The molecule has 0 amide bonds. The maximum Gasteiger partial charge on any atom is 0.346 e. The third kappa shape index (κ3) is 7.04. The van der Waals surface area contributed by atoms with Gasteiger partial charge in [0, 0.05) is 6.42 Å². The molecule has 0 aromatic heterocycles.